The number of nitrogens with zero attached hydrogens (tertiary/aromatic N) is 2. The number of hydrogen-bond donors (Lipinski definition) is 0. The van der Waals surface area contributed by atoms with Crippen LogP contribution in [0.25, 0.3) is 0 Å². The zero-order valence-electron chi connectivity index (χ0n) is 3.67. The molecule has 0 rings (SSSR count). The maximum atomic E-state index is 11.5. The maximum Gasteiger partial charge on any atom is 0.850 e. The van der Waals surface area contributed by atoms with Crippen LogP contribution in [-0.2, 0) is 9.31 Å². The second-order valence-corrected chi connectivity index (χ2v) is 0.693. The van der Waals surface area contributed by atoms with Gasteiger partial charge in [-0.25, -0.2) is 4.32 Å². The van der Waals surface area contributed by atoms with E-state index in [9.17, 15) is 4.32 Å². The summed E-state index contributed by atoms with van der Waals surface area (Å²) in [7, 11) is -2.26. The van der Waals surface area contributed by atoms with Crippen LogP contribution in [0.3, 0.4) is 0 Å². The first-order valence-electron chi connectivity index (χ1n) is 1.55. The molecule has 0 N–H and O–H groups in total. The van der Waals surface area contributed by atoms with Crippen molar-refractivity contribution in [2.45, 2.75) is 0 Å². The quantitative estimate of drug-likeness (QED) is 0.372. The molecule has 8 heavy (non-hydrogen) atoms. The van der Waals surface area contributed by atoms with Gasteiger partial charge in [0.25, 0.3) is 12.5 Å². The Morgan fingerprint density at radius 1 is 1.25 bits per heavy atom. The Hall–Kier alpha value is -1.43. The minimum Gasteiger partial charge on any atom is -0.427 e. The number of nitriles is 2. The summed E-state index contributed by atoms with van der Waals surface area (Å²) in [5.41, 5.74) is 0. The molecular weight excluding hydrogens is 114 g/mol. The highest BCUT2D eigenvalue weighted by molar-refractivity contribution is 6.36. The highest BCUT2D eigenvalue weighted by Gasteiger charge is 2.22. The third-order valence-corrected chi connectivity index (χ3v) is 0.291. The van der Waals surface area contributed by atoms with Crippen LogP contribution in [0, 0.1) is 23.0 Å². The topological polar surface area (TPSA) is 66.0 Å². The maximum absolute atomic E-state index is 11.5. The van der Waals surface area contributed by atoms with Crippen LogP contribution in [0.5, 0.6) is 0 Å². The Kier molecular flexibility index (Phi) is 3.09. The largest absolute Gasteiger partial charge is 0.850 e. The molecule has 4 nitrogen and oxygen atoms in total. The van der Waals surface area contributed by atoms with Crippen molar-refractivity contribution in [1.82, 2.24) is 0 Å². The van der Waals surface area contributed by atoms with Crippen LogP contribution in [0.2, 0.25) is 0 Å². The van der Waals surface area contributed by atoms with E-state index in [-0.39, 0.29) is 0 Å². The Labute approximate surface area is 45.2 Å². The van der Waals surface area contributed by atoms with E-state index < -0.39 is 7.40 Å². The summed E-state index contributed by atoms with van der Waals surface area (Å²) in [4.78, 5) is 0. The van der Waals surface area contributed by atoms with E-state index in [2.05, 4.69) is 9.31 Å². The van der Waals surface area contributed by atoms with Gasteiger partial charge in [0, 0.05) is 0 Å². The highest BCUT2D eigenvalue weighted by atomic mass is 19.1. The van der Waals surface area contributed by atoms with Crippen LogP contribution in [0.15, 0.2) is 0 Å². The minimum absolute atomic E-state index is 1.00. The molecule has 0 aromatic carbocycles. The molecule has 0 aromatic rings. The van der Waals surface area contributed by atoms with Gasteiger partial charge in [-0.15, -0.1) is 0 Å². The fourth-order valence-electron chi connectivity index (χ4n) is 0.107. The lowest BCUT2D eigenvalue weighted by Crippen LogP contribution is -2.10. The minimum atomic E-state index is -2.26. The van der Waals surface area contributed by atoms with Gasteiger partial charge in [-0.05, 0) is 0 Å². The summed E-state index contributed by atoms with van der Waals surface area (Å²) in [5.74, 6) is 0. The fourth-order valence-corrected chi connectivity index (χ4v) is 0.107. The predicted molar refractivity (Wildman–Crippen MR) is 20.3 cm³/mol. The molecule has 0 saturated heterocycles. The van der Waals surface area contributed by atoms with Crippen molar-refractivity contribution in [3.8, 4) is 12.5 Å². The van der Waals surface area contributed by atoms with Crippen molar-refractivity contribution in [2.24, 2.45) is 0 Å². The van der Waals surface area contributed by atoms with E-state index in [0.717, 1.165) is 12.5 Å². The Morgan fingerprint density at radius 3 is 1.88 bits per heavy atom. The molecule has 0 atom stereocenters. The lowest BCUT2D eigenvalue weighted by atomic mass is 10.3. The summed E-state index contributed by atoms with van der Waals surface area (Å²) in [6, 6.07) is 0. The van der Waals surface area contributed by atoms with E-state index >= 15 is 0 Å². The molecule has 0 bridgehead atoms. The Morgan fingerprint density at radius 2 is 1.62 bits per heavy atom. The lowest BCUT2D eigenvalue weighted by molar-refractivity contribution is 0.310. The van der Waals surface area contributed by atoms with Crippen LogP contribution >= 0.6 is 0 Å². The number of halogens is 1. The van der Waals surface area contributed by atoms with Crippen LogP contribution < -0.4 is 0 Å². The van der Waals surface area contributed by atoms with Gasteiger partial charge >= 0.3 is 7.40 Å². The molecule has 6 heteroatoms. The molecule has 40 valence electrons. The first-order valence-corrected chi connectivity index (χ1v) is 1.55. The average Bonchev–Trinajstić information content (AvgIpc) is 1.68. The van der Waals surface area contributed by atoms with Gasteiger partial charge in [-0.1, -0.05) is 0 Å². The second kappa shape index (κ2) is 3.75. The van der Waals surface area contributed by atoms with E-state index in [1.54, 1.807) is 0 Å². The lowest BCUT2D eigenvalue weighted by Gasteiger charge is -1.88. The summed E-state index contributed by atoms with van der Waals surface area (Å²) >= 11 is 0. The monoisotopic (exact) mass is 114 g/mol. The normalized spacial score (nSPS) is 5.88. The highest BCUT2D eigenvalue weighted by Crippen LogP contribution is 1.85. The molecular formula is C2BFN2O2. The molecule has 0 spiro atoms. The van der Waals surface area contributed by atoms with Crippen molar-refractivity contribution < 1.29 is 13.6 Å². The second-order valence-electron chi connectivity index (χ2n) is 0.693. The smallest absolute Gasteiger partial charge is 0.427 e. The van der Waals surface area contributed by atoms with Gasteiger partial charge in [0.05, 0.1) is 0 Å². The third-order valence-electron chi connectivity index (χ3n) is 0.291. The molecule has 0 radical (unpaired) electrons. The molecule has 0 aliphatic rings. The molecule has 0 saturated carbocycles. The molecule has 0 fully saturated rings. The summed E-state index contributed by atoms with van der Waals surface area (Å²) in [6.07, 6.45) is 2.00. The van der Waals surface area contributed by atoms with Gasteiger partial charge in [0.1, 0.15) is 0 Å². The SMILES string of the molecule is N#COB(F)OC#N. The van der Waals surface area contributed by atoms with Crippen molar-refractivity contribution in [1.29, 1.82) is 10.5 Å². The summed E-state index contributed by atoms with van der Waals surface area (Å²) in [6.45, 7) is 0. The molecule has 0 amide bonds. The summed E-state index contributed by atoms with van der Waals surface area (Å²) < 4.78 is 18.5. The van der Waals surface area contributed by atoms with Crippen LogP contribution in [-0.4, -0.2) is 7.40 Å². The zero-order chi connectivity index (χ0) is 6.41. The van der Waals surface area contributed by atoms with Gasteiger partial charge < -0.3 is 9.31 Å². The molecule has 0 aliphatic carbocycles. The van der Waals surface area contributed by atoms with E-state index in [0.29, 0.717) is 0 Å². The van der Waals surface area contributed by atoms with Gasteiger partial charge in [-0.3, -0.25) is 0 Å². The number of rotatable bonds is 2. The van der Waals surface area contributed by atoms with Crippen LogP contribution in [0.1, 0.15) is 0 Å². The van der Waals surface area contributed by atoms with E-state index in [1.165, 1.54) is 0 Å². The van der Waals surface area contributed by atoms with Crippen molar-refractivity contribution in [3.05, 3.63) is 0 Å². The van der Waals surface area contributed by atoms with Crippen molar-refractivity contribution in [3.63, 3.8) is 0 Å². The zero-order valence-corrected chi connectivity index (χ0v) is 3.67. The predicted octanol–water partition coefficient (Wildman–Crippen LogP) is -0.0638. The van der Waals surface area contributed by atoms with Gasteiger partial charge in [0.2, 0.25) is 0 Å². The van der Waals surface area contributed by atoms with E-state index in [4.69, 9.17) is 10.5 Å². The molecule has 0 heterocycles. The molecule has 0 aliphatic heterocycles. The Balaban J connectivity index is 3.25. The van der Waals surface area contributed by atoms with Crippen molar-refractivity contribution in [2.75, 3.05) is 0 Å². The Bertz CT molecular complexity index is 122. The number of hydrogen-bond acceptors (Lipinski definition) is 4. The standard InChI is InChI=1S/C2BFN2O2/c4-3(7-1-5)8-2-6. The fraction of sp³-hybridized carbons (Fsp3) is 0. The summed E-state index contributed by atoms with van der Waals surface area (Å²) in [5, 5.41) is 15.1. The molecule has 0 unspecified atom stereocenters. The van der Waals surface area contributed by atoms with E-state index in [1.807, 2.05) is 0 Å². The van der Waals surface area contributed by atoms with Gasteiger partial charge in [0.15, 0.2) is 0 Å². The first kappa shape index (κ1) is 6.57. The van der Waals surface area contributed by atoms with Gasteiger partial charge in [-0.2, -0.15) is 10.5 Å². The van der Waals surface area contributed by atoms with Crippen LogP contribution in [0.4, 0.5) is 4.32 Å². The third kappa shape index (κ3) is 2.79. The van der Waals surface area contributed by atoms with Crippen molar-refractivity contribution >= 4 is 7.40 Å². The average molecular weight is 114 g/mol. The molecule has 0 aromatic heterocycles. The first-order chi connectivity index (χ1) is 3.81.